The second kappa shape index (κ2) is 6.94. The van der Waals surface area contributed by atoms with Crippen molar-refractivity contribution in [1.29, 1.82) is 0 Å². The van der Waals surface area contributed by atoms with E-state index in [4.69, 9.17) is 4.52 Å². The van der Waals surface area contributed by atoms with Crippen molar-refractivity contribution in [3.63, 3.8) is 0 Å². The lowest BCUT2D eigenvalue weighted by Crippen LogP contribution is -2.14. The number of nitrogens with one attached hydrogen (secondary N) is 1. The second-order valence-electron chi connectivity index (χ2n) is 6.38. The summed E-state index contributed by atoms with van der Waals surface area (Å²) in [7, 11) is -3.85. The van der Waals surface area contributed by atoms with Crippen LogP contribution in [0.3, 0.4) is 0 Å². The van der Waals surface area contributed by atoms with Crippen molar-refractivity contribution >= 4 is 32.8 Å². The van der Waals surface area contributed by atoms with Gasteiger partial charge in [-0.15, -0.1) is 11.3 Å². The molecule has 0 aliphatic carbocycles. The number of Topliss-reactive ketones (excluding diaryl/α,β-unsaturated/α-hetero) is 1. The van der Waals surface area contributed by atoms with Crippen molar-refractivity contribution < 1.29 is 17.7 Å². The number of hydrogen-bond acceptors (Lipinski definition) is 6. The van der Waals surface area contributed by atoms with E-state index in [0.29, 0.717) is 27.5 Å². The van der Waals surface area contributed by atoms with Gasteiger partial charge in [-0.2, -0.15) is 0 Å². The molecule has 0 unspecified atom stereocenters. The Hall–Kier alpha value is -2.45. The van der Waals surface area contributed by atoms with E-state index in [1.54, 1.807) is 31.2 Å². The highest BCUT2D eigenvalue weighted by Gasteiger charge is 2.29. The van der Waals surface area contributed by atoms with Crippen molar-refractivity contribution in [3.05, 3.63) is 50.8 Å². The highest BCUT2D eigenvalue weighted by Crippen LogP contribution is 2.41. The van der Waals surface area contributed by atoms with Gasteiger partial charge in [0, 0.05) is 26.6 Å². The van der Waals surface area contributed by atoms with Crippen LogP contribution < -0.4 is 4.72 Å². The summed E-state index contributed by atoms with van der Waals surface area (Å²) in [5.74, 6) is 0.397. The molecule has 3 aromatic rings. The van der Waals surface area contributed by atoms with Crippen molar-refractivity contribution in [3.8, 4) is 11.3 Å². The number of anilines is 1. The van der Waals surface area contributed by atoms with Crippen molar-refractivity contribution in [2.75, 3.05) is 4.72 Å². The number of ketones is 1. The summed E-state index contributed by atoms with van der Waals surface area (Å²) in [6.07, 6.45) is 0. The molecule has 6 nitrogen and oxygen atoms in total. The first kappa shape index (κ1) is 19.3. The Balaban J connectivity index is 2.07. The maximum atomic E-state index is 13.1. The molecule has 1 aromatic carbocycles. The number of benzene rings is 1. The van der Waals surface area contributed by atoms with E-state index in [2.05, 4.69) is 9.88 Å². The van der Waals surface area contributed by atoms with Crippen LogP contribution in [0.25, 0.3) is 11.3 Å². The van der Waals surface area contributed by atoms with E-state index < -0.39 is 10.0 Å². The number of carbonyl (C=O) groups is 1. The zero-order valence-corrected chi connectivity index (χ0v) is 17.3. The van der Waals surface area contributed by atoms with Gasteiger partial charge in [0.1, 0.15) is 4.90 Å². The third kappa shape index (κ3) is 3.54. The molecule has 0 saturated heterocycles. The maximum absolute atomic E-state index is 13.1. The lowest BCUT2D eigenvalue weighted by atomic mass is 10.1. The van der Waals surface area contributed by atoms with E-state index >= 15 is 0 Å². The van der Waals surface area contributed by atoms with Crippen LogP contribution in [0, 0.1) is 27.7 Å². The first-order valence-electron chi connectivity index (χ1n) is 8.29. The number of nitrogens with zero attached hydrogens (tertiary/aromatic N) is 1. The van der Waals surface area contributed by atoms with Gasteiger partial charge in [0.25, 0.3) is 10.0 Å². The predicted molar refractivity (Wildman–Crippen MR) is 106 cm³/mol. The Morgan fingerprint density at radius 3 is 2.22 bits per heavy atom. The summed E-state index contributed by atoms with van der Waals surface area (Å²) in [4.78, 5) is 13.1. The monoisotopic (exact) mass is 404 g/mol. The van der Waals surface area contributed by atoms with Crippen LogP contribution in [0.2, 0.25) is 0 Å². The molecule has 3 rings (SSSR count). The molecule has 0 aliphatic heterocycles. The van der Waals surface area contributed by atoms with E-state index in [-0.39, 0.29) is 10.7 Å². The minimum absolute atomic E-state index is 0.0767. The molecule has 0 amide bonds. The van der Waals surface area contributed by atoms with Gasteiger partial charge >= 0.3 is 0 Å². The molecule has 0 spiro atoms. The number of carbonyl (C=O) groups excluding carboxylic acids is 1. The molecular weight excluding hydrogens is 384 g/mol. The predicted octanol–water partition coefficient (Wildman–Crippen LogP) is 4.64. The Kier molecular flexibility index (Phi) is 4.96. The fraction of sp³-hybridized carbons (Fsp3) is 0.263. The van der Waals surface area contributed by atoms with E-state index in [9.17, 15) is 13.2 Å². The van der Waals surface area contributed by atoms with Crippen molar-refractivity contribution in [2.45, 2.75) is 39.5 Å². The van der Waals surface area contributed by atoms with Gasteiger partial charge in [-0.05, 0) is 58.9 Å². The van der Waals surface area contributed by atoms with Gasteiger partial charge in [0.2, 0.25) is 0 Å². The number of aryl methyl sites for hydroxylation is 3. The SMILES string of the molecule is CC(=O)c1ccc(NS(=O)(=O)c2c(C)sc(C)c2-c2onc(C)c2C)cc1. The smallest absolute Gasteiger partial charge is 0.263 e. The molecule has 8 heteroatoms. The van der Waals surface area contributed by atoms with Crippen LogP contribution in [-0.2, 0) is 10.0 Å². The summed E-state index contributed by atoms with van der Waals surface area (Å²) < 4.78 is 34.3. The van der Waals surface area contributed by atoms with Gasteiger partial charge in [-0.3, -0.25) is 9.52 Å². The Morgan fingerprint density at radius 2 is 1.70 bits per heavy atom. The van der Waals surface area contributed by atoms with Crippen LogP contribution in [0.4, 0.5) is 5.69 Å². The van der Waals surface area contributed by atoms with E-state index in [1.165, 1.54) is 18.3 Å². The quantitative estimate of drug-likeness (QED) is 0.626. The number of hydrogen-bond donors (Lipinski definition) is 1. The van der Waals surface area contributed by atoms with Crippen LogP contribution in [0.5, 0.6) is 0 Å². The molecule has 1 N–H and O–H groups in total. The molecule has 0 bridgehead atoms. The molecule has 2 aromatic heterocycles. The average molecular weight is 405 g/mol. The van der Waals surface area contributed by atoms with Crippen molar-refractivity contribution in [2.24, 2.45) is 0 Å². The fourth-order valence-electron chi connectivity index (χ4n) is 2.88. The lowest BCUT2D eigenvalue weighted by molar-refractivity contribution is 0.101. The summed E-state index contributed by atoms with van der Waals surface area (Å²) in [5.41, 5.74) is 3.00. The van der Waals surface area contributed by atoms with E-state index in [1.807, 2.05) is 20.8 Å². The highest BCUT2D eigenvalue weighted by molar-refractivity contribution is 7.93. The summed E-state index contributed by atoms with van der Waals surface area (Å²) in [6, 6.07) is 6.34. The molecule has 0 fully saturated rings. The lowest BCUT2D eigenvalue weighted by Gasteiger charge is -2.10. The summed E-state index contributed by atoms with van der Waals surface area (Å²) >= 11 is 1.40. The Bertz CT molecular complexity index is 1120. The van der Waals surface area contributed by atoms with Crippen LogP contribution >= 0.6 is 11.3 Å². The largest absolute Gasteiger partial charge is 0.356 e. The summed E-state index contributed by atoms with van der Waals surface area (Å²) in [6.45, 7) is 8.78. The first-order chi connectivity index (χ1) is 12.6. The fourth-order valence-corrected chi connectivity index (χ4v) is 5.79. The zero-order chi connectivity index (χ0) is 19.9. The van der Waals surface area contributed by atoms with Crippen LogP contribution in [-0.4, -0.2) is 19.4 Å². The average Bonchev–Trinajstić information content (AvgIpc) is 3.06. The van der Waals surface area contributed by atoms with E-state index in [0.717, 1.165) is 16.1 Å². The molecule has 27 heavy (non-hydrogen) atoms. The Morgan fingerprint density at radius 1 is 1.07 bits per heavy atom. The number of rotatable bonds is 5. The van der Waals surface area contributed by atoms with Gasteiger partial charge < -0.3 is 4.52 Å². The minimum atomic E-state index is -3.85. The molecule has 0 saturated carbocycles. The first-order valence-corrected chi connectivity index (χ1v) is 10.6. The third-order valence-corrected chi connectivity index (χ3v) is 7.10. The maximum Gasteiger partial charge on any atom is 0.263 e. The van der Waals surface area contributed by atoms with Crippen LogP contribution in [0.15, 0.2) is 33.7 Å². The van der Waals surface area contributed by atoms with Gasteiger partial charge in [-0.25, -0.2) is 8.42 Å². The number of sulfonamides is 1. The molecule has 2 heterocycles. The van der Waals surface area contributed by atoms with Crippen molar-refractivity contribution in [1.82, 2.24) is 5.16 Å². The minimum Gasteiger partial charge on any atom is -0.356 e. The standard InChI is InChI=1S/C19H20N2O4S2/c1-10-11(2)20-25-18(10)17-13(4)26-14(5)19(17)27(23,24)21-16-8-6-15(7-9-16)12(3)22/h6-9,21H,1-5H3. The number of thiophene rings is 1. The second-order valence-corrected chi connectivity index (χ2v) is 9.43. The van der Waals surface area contributed by atoms with Crippen LogP contribution in [0.1, 0.15) is 38.3 Å². The topological polar surface area (TPSA) is 89.3 Å². The normalized spacial score (nSPS) is 11.6. The molecule has 142 valence electrons. The summed E-state index contributed by atoms with van der Waals surface area (Å²) in [5, 5.41) is 3.96. The third-order valence-electron chi connectivity index (χ3n) is 4.40. The van der Waals surface area contributed by atoms with Gasteiger partial charge in [-0.1, -0.05) is 5.16 Å². The number of aromatic nitrogens is 1. The molecular formula is C19H20N2O4S2. The molecule has 0 aliphatic rings. The zero-order valence-electron chi connectivity index (χ0n) is 15.7. The molecule has 0 atom stereocenters. The highest BCUT2D eigenvalue weighted by atomic mass is 32.2. The Labute approximate surface area is 162 Å². The molecule has 0 radical (unpaired) electrons. The van der Waals surface area contributed by atoms with Gasteiger partial charge in [0.05, 0.1) is 11.3 Å². The van der Waals surface area contributed by atoms with Gasteiger partial charge in [0.15, 0.2) is 11.5 Å².